The molecule has 9 nitrogen and oxygen atoms in total. The molecule has 2 aromatic rings. The van der Waals surface area contributed by atoms with Crippen molar-refractivity contribution in [3.8, 4) is 17.2 Å². The summed E-state index contributed by atoms with van der Waals surface area (Å²) in [5.41, 5.74) is -0.149. The van der Waals surface area contributed by atoms with E-state index in [1.165, 1.54) is 19.4 Å². The van der Waals surface area contributed by atoms with Crippen LogP contribution in [0.2, 0.25) is 0 Å². The molecule has 190 valence electrons. The van der Waals surface area contributed by atoms with Crippen LogP contribution in [0.3, 0.4) is 0 Å². The number of rotatable bonds is 9. The van der Waals surface area contributed by atoms with Crippen molar-refractivity contribution in [3.05, 3.63) is 48.3 Å². The standard InChI is InChI=1S/C26H33NO8/c1-4-13-33-25-17(2)34-26(30)18(15-20(28)23-24(29)21(31-3)10-12-27-23)11-14-32-16-22(25)35-19-8-6-5-7-9-19/h5-10,12,17-18,22,25,29H,4,11,13-16H2,1-3H3/t17-,18+,22-,25-/m0/s1. The van der Waals surface area contributed by atoms with Crippen LogP contribution in [-0.2, 0) is 19.0 Å². The quantitative estimate of drug-likeness (QED) is 0.419. The molecule has 1 aliphatic rings. The molecule has 1 fully saturated rings. The number of ether oxygens (including phenoxy) is 5. The number of esters is 1. The zero-order chi connectivity index (χ0) is 25.2. The minimum absolute atomic E-state index is 0.134. The van der Waals surface area contributed by atoms with E-state index < -0.39 is 36.0 Å². The monoisotopic (exact) mass is 487 g/mol. The number of nitrogens with zero attached hydrogens (tertiary/aromatic N) is 1. The van der Waals surface area contributed by atoms with Gasteiger partial charge in [-0.25, -0.2) is 4.98 Å². The summed E-state index contributed by atoms with van der Waals surface area (Å²) in [7, 11) is 1.38. The molecule has 0 radical (unpaired) electrons. The van der Waals surface area contributed by atoms with Crippen LogP contribution >= 0.6 is 0 Å². The maximum absolute atomic E-state index is 13.1. The molecule has 1 aromatic heterocycles. The Kier molecular flexibility index (Phi) is 9.86. The Morgan fingerprint density at radius 1 is 1.23 bits per heavy atom. The van der Waals surface area contributed by atoms with E-state index in [1.54, 1.807) is 6.92 Å². The maximum Gasteiger partial charge on any atom is 0.309 e. The summed E-state index contributed by atoms with van der Waals surface area (Å²) in [5.74, 6) is -1.35. The normalized spacial score (nSPS) is 23.2. The molecule has 3 rings (SSSR count). The van der Waals surface area contributed by atoms with Gasteiger partial charge in [0, 0.05) is 31.9 Å². The van der Waals surface area contributed by atoms with Crippen molar-refractivity contribution in [3.63, 3.8) is 0 Å². The lowest BCUT2D eigenvalue weighted by Crippen LogP contribution is -2.47. The molecule has 1 aromatic carbocycles. The van der Waals surface area contributed by atoms with Crippen LogP contribution in [0.15, 0.2) is 42.6 Å². The number of carbonyl (C=O) groups is 2. The predicted octanol–water partition coefficient (Wildman–Crippen LogP) is 3.58. The van der Waals surface area contributed by atoms with Crippen LogP contribution in [0.1, 0.15) is 43.6 Å². The number of benzene rings is 1. The van der Waals surface area contributed by atoms with Gasteiger partial charge in [0.05, 0.1) is 19.6 Å². The summed E-state index contributed by atoms with van der Waals surface area (Å²) in [5, 5.41) is 10.3. The Hall–Kier alpha value is -3.17. The van der Waals surface area contributed by atoms with Crippen molar-refractivity contribution in [1.82, 2.24) is 4.98 Å². The first-order valence-electron chi connectivity index (χ1n) is 11.8. The summed E-state index contributed by atoms with van der Waals surface area (Å²) >= 11 is 0. The lowest BCUT2D eigenvalue weighted by molar-refractivity contribution is -0.172. The number of hydrogen-bond donors (Lipinski definition) is 1. The first-order chi connectivity index (χ1) is 16.9. The zero-order valence-corrected chi connectivity index (χ0v) is 20.3. The number of aromatic nitrogens is 1. The highest BCUT2D eigenvalue weighted by atomic mass is 16.6. The van der Waals surface area contributed by atoms with E-state index in [0.717, 1.165) is 6.42 Å². The van der Waals surface area contributed by atoms with Gasteiger partial charge in [-0.15, -0.1) is 0 Å². The van der Waals surface area contributed by atoms with Crippen LogP contribution in [0.25, 0.3) is 0 Å². The van der Waals surface area contributed by atoms with E-state index >= 15 is 0 Å². The number of ketones is 1. The van der Waals surface area contributed by atoms with Crippen molar-refractivity contribution in [2.75, 3.05) is 26.9 Å². The van der Waals surface area contributed by atoms with Gasteiger partial charge in [0.2, 0.25) is 0 Å². The number of pyridine rings is 1. The Bertz CT molecular complexity index is 967. The topological polar surface area (TPSA) is 113 Å². The van der Waals surface area contributed by atoms with Gasteiger partial charge in [0.15, 0.2) is 29.1 Å². The van der Waals surface area contributed by atoms with E-state index in [0.29, 0.717) is 12.4 Å². The van der Waals surface area contributed by atoms with E-state index in [4.69, 9.17) is 23.7 Å². The highest BCUT2D eigenvalue weighted by Gasteiger charge is 2.36. The Morgan fingerprint density at radius 2 is 2.00 bits per heavy atom. The van der Waals surface area contributed by atoms with Crippen LogP contribution < -0.4 is 9.47 Å². The number of aromatic hydroxyl groups is 1. The van der Waals surface area contributed by atoms with Crippen molar-refractivity contribution < 1.29 is 38.4 Å². The average Bonchev–Trinajstić information content (AvgIpc) is 2.85. The number of carbonyl (C=O) groups excluding carboxylic acids is 2. The molecule has 4 atom stereocenters. The molecule has 0 aliphatic carbocycles. The summed E-state index contributed by atoms with van der Waals surface area (Å²) in [6, 6.07) is 10.8. The fourth-order valence-electron chi connectivity index (χ4n) is 3.87. The first kappa shape index (κ1) is 26.4. The predicted molar refractivity (Wildman–Crippen MR) is 127 cm³/mol. The molecule has 0 spiro atoms. The van der Waals surface area contributed by atoms with Gasteiger partial charge in [-0.2, -0.15) is 0 Å². The molecule has 35 heavy (non-hydrogen) atoms. The third-order valence-electron chi connectivity index (χ3n) is 5.71. The van der Waals surface area contributed by atoms with Gasteiger partial charge in [0.25, 0.3) is 0 Å². The lowest BCUT2D eigenvalue weighted by Gasteiger charge is -2.33. The fourth-order valence-corrected chi connectivity index (χ4v) is 3.87. The number of cyclic esters (lactones) is 1. The number of para-hydroxylation sites is 1. The zero-order valence-electron chi connectivity index (χ0n) is 20.3. The molecule has 1 N–H and O–H groups in total. The molecule has 2 heterocycles. The van der Waals surface area contributed by atoms with Gasteiger partial charge in [-0.1, -0.05) is 25.1 Å². The van der Waals surface area contributed by atoms with E-state index in [1.807, 2.05) is 37.3 Å². The Balaban J connectivity index is 1.75. The molecule has 0 unspecified atom stereocenters. The molecule has 9 heteroatoms. The summed E-state index contributed by atoms with van der Waals surface area (Å²) in [6.45, 7) is 4.64. The van der Waals surface area contributed by atoms with Gasteiger partial charge < -0.3 is 28.8 Å². The SMILES string of the molecule is CCCO[C@H]1[C@H](C)OC(=O)[C@@H](CC(=O)c2nccc(OC)c2O)CCOC[C@@H]1Oc1ccccc1. The van der Waals surface area contributed by atoms with E-state index in [9.17, 15) is 14.7 Å². The van der Waals surface area contributed by atoms with Crippen LogP contribution in [0.5, 0.6) is 17.2 Å². The van der Waals surface area contributed by atoms with Gasteiger partial charge in [-0.3, -0.25) is 9.59 Å². The molecule has 1 saturated heterocycles. The maximum atomic E-state index is 13.1. The third-order valence-corrected chi connectivity index (χ3v) is 5.71. The van der Waals surface area contributed by atoms with Gasteiger partial charge in [-0.05, 0) is 31.9 Å². The Morgan fingerprint density at radius 3 is 2.71 bits per heavy atom. The van der Waals surface area contributed by atoms with E-state index in [2.05, 4.69) is 4.98 Å². The van der Waals surface area contributed by atoms with Gasteiger partial charge >= 0.3 is 5.97 Å². The lowest BCUT2D eigenvalue weighted by atomic mass is 9.96. The third kappa shape index (κ3) is 7.16. The van der Waals surface area contributed by atoms with Crippen molar-refractivity contribution >= 4 is 11.8 Å². The largest absolute Gasteiger partial charge is 0.503 e. The molecule has 0 amide bonds. The number of Topliss-reactive ketones (excluding diaryl/α,β-unsaturated/α-hetero) is 1. The second kappa shape index (κ2) is 13.1. The van der Waals surface area contributed by atoms with Crippen molar-refractivity contribution in [1.29, 1.82) is 0 Å². The number of hydrogen-bond acceptors (Lipinski definition) is 9. The summed E-state index contributed by atoms with van der Waals surface area (Å²) in [4.78, 5) is 29.9. The van der Waals surface area contributed by atoms with Crippen molar-refractivity contribution in [2.45, 2.75) is 51.4 Å². The van der Waals surface area contributed by atoms with Crippen LogP contribution in [0, 0.1) is 5.92 Å². The second-order valence-electron chi connectivity index (χ2n) is 8.35. The minimum atomic E-state index is -0.768. The average molecular weight is 488 g/mol. The van der Waals surface area contributed by atoms with E-state index in [-0.39, 0.29) is 43.2 Å². The highest BCUT2D eigenvalue weighted by molar-refractivity contribution is 5.99. The molecule has 0 saturated carbocycles. The van der Waals surface area contributed by atoms with Crippen LogP contribution in [-0.4, -0.2) is 67.1 Å². The highest BCUT2D eigenvalue weighted by Crippen LogP contribution is 2.30. The molecule has 0 bridgehead atoms. The number of methoxy groups -OCH3 is 1. The second-order valence-corrected chi connectivity index (χ2v) is 8.35. The van der Waals surface area contributed by atoms with Crippen molar-refractivity contribution in [2.24, 2.45) is 5.92 Å². The van der Waals surface area contributed by atoms with Gasteiger partial charge in [0.1, 0.15) is 18.0 Å². The molecular weight excluding hydrogens is 454 g/mol. The summed E-state index contributed by atoms with van der Waals surface area (Å²) in [6.07, 6.45) is 0.509. The Labute approximate surface area is 205 Å². The fraction of sp³-hybridized carbons (Fsp3) is 0.500. The summed E-state index contributed by atoms with van der Waals surface area (Å²) < 4.78 is 28.9. The molecule has 1 aliphatic heterocycles. The first-order valence-corrected chi connectivity index (χ1v) is 11.8. The molecular formula is C26H33NO8. The minimum Gasteiger partial charge on any atom is -0.503 e. The smallest absolute Gasteiger partial charge is 0.309 e. The van der Waals surface area contributed by atoms with Crippen LogP contribution in [0.4, 0.5) is 0 Å².